The monoisotopic (exact) mass is 529 g/mol. The van der Waals surface area contributed by atoms with Crippen molar-refractivity contribution >= 4 is 17.7 Å². The summed E-state index contributed by atoms with van der Waals surface area (Å²) in [5.41, 5.74) is 0.856. The molecule has 0 saturated carbocycles. The lowest BCUT2D eigenvalue weighted by atomic mass is 9.87. The minimum Gasteiger partial charge on any atom is -0.349 e. The lowest BCUT2D eigenvalue weighted by molar-refractivity contribution is -0.158. The van der Waals surface area contributed by atoms with Gasteiger partial charge in [-0.15, -0.1) is 0 Å². The van der Waals surface area contributed by atoms with E-state index in [1.165, 1.54) is 0 Å². The van der Waals surface area contributed by atoms with Crippen LogP contribution in [0.3, 0.4) is 0 Å². The second-order valence-corrected chi connectivity index (χ2v) is 11.7. The molecule has 1 fully saturated rings. The van der Waals surface area contributed by atoms with Crippen molar-refractivity contribution in [2.45, 2.75) is 77.5 Å². The molecule has 38 heavy (non-hydrogen) atoms. The van der Waals surface area contributed by atoms with E-state index in [9.17, 15) is 23.2 Å². The molecule has 1 aliphatic heterocycles. The number of fused-ring (bicyclic) bond motifs is 1. The lowest BCUT2D eigenvalue weighted by Gasteiger charge is -2.45. The van der Waals surface area contributed by atoms with Crippen LogP contribution >= 0.6 is 0 Å². The van der Waals surface area contributed by atoms with E-state index < -0.39 is 64.4 Å². The summed E-state index contributed by atoms with van der Waals surface area (Å²) >= 11 is 0. The average Bonchev–Trinajstić information content (AvgIpc) is 3.24. The molecule has 1 aliphatic carbocycles. The molecule has 0 spiro atoms. The van der Waals surface area contributed by atoms with Gasteiger partial charge >= 0.3 is 0 Å². The molecule has 2 aliphatic rings. The van der Waals surface area contributed by atoms with Crippen LogP contribution in [-0.2, 0) is 27.2 Å². The lowest BCUT2D eigenvalue weighted by Crippen LogP contribution is -2.67. The van der Waals surface area contributed by atoms with Crippen molar-refractivity contribution < 1.29 is 27.6 Å². The van der Waals surface area contributed by atoms with Crippen LogP contribution in [0.15, 0.2) is 36.4 Å². The Balaban J connectivity index is 1.82. The van der Waals surface area contributed by atoms with Gasteiger partial charge in [-0.25, -0.2) is 13.2 Å². The maximum Gasteiger partial charge on any atom is 0.247 e. The molecule has 2 aromatic rings. The first-order valence-corrected chi connectivity index (χ1v) is 12.9. The molecule has 4 rings (SSSR count). The molecular weight excluding hydrogens is 495 g/mol. The number of carbonyl (C=O) groups is 3. The first-order chi connectivity index (χ1) is 17.8. The van der Waals surface area contributed by atoms with E-state index in [1.54, 1.807) is 20.8 Å². The Hall–Kier alpha value is -3.36. The van der Waals surface area contributed by atoms with Crippen LogP contribution in [0.25, 0.3) is 0 Å². The third-order valence-electron chi connectivity index (χ3n) is 7.06. The van der Waals surface area contributed by atoms with Crippen molar-refractivity contribution in [3.05, 3.63) is 70.5 Å². The number of nitrogens with one attached hydrogen (secondary N) is 2. The molecule has 0 unspecified atom stereocenters. The van der Waals surface area contributed by atoms with Gasteiger partial charge in [0.2, 0.25) is 17.7 Å². The number of hydrogen-bond acceptors (Lipinski definition) is 3. The Morgan fingerprint density at radius 1 is 1.03 bits per heavy atom. The molecule has 0 aromatic heterocycles. The first-order valence-electron chi connectivity index (χ1n) is 12.9. The normalized spacial score (nSPS) is 20.9. The van der Waals surface area contributed by atoms with E-state index in [-0.39, 0.29) is 18.3 Å². The summed E-state index contributed by atoms with van der Waals surface area (Å²) in [5, 5.41) is 5.60. The Bertz CT molecular complexity index is 1230. The highest BCUT2D eigenvalue weighted by Gasteiger charge is 2.50. The Morgan fingerprint density at radius 3 is 2.16 bits per heavy atom. The molecule has 204 valence electrons. The number of halogens is 3. The van der Waals surface area contributed by atoms with Gasteiger partial charge in [-0.3, -0.25) is 14.4 Å². The fraction of sp³-hybridized carbons (Fsp3) is 0.483. The smallest absolute Gasteiger partial charge is 0.247 e. The van der Waals surface area contributed by atoms with Gasteiger partial charge in [0.1, 0.15) is 23.9 Å². The first kappa shape index (κ1) is 27.7. The standard InChI is InChI=1S/C29H34F3N3O3/c1-15(2)10-23-26(36)33-24(18-11-16-8-6-7-9-17(16)12-18)28(38)35(23)25(27(37)34-29(3,4)5)19-13-21(31)22(32)14-20(19)30/h6-9,13-15,18,23-25H,10-12H2,1-5H3,(H,33,36)(H,34,37)/t23-,24-,25-/m1/s1. The van der Waals surface area contributed by atoms with Crippen LogP contribution in [0, 0.1) is 29.3 Å². The second kappa shape index (κ2) is 10.4. The molecule has 2 aromatic carbocycles. The van der Waals surface area contributed by atoms with Crippen LogP contribution in [0.1, 0.15) is 63.8 Å². The summed E-state index contributed by atoms with van der Waals surface area (Å²) in [6.07, 6.45) is 1.29. The highest BCUT2D eigenvalue weighted by molar-refractivity contribution is 6.00. The van der Waals surface area contributed by atoms with Gasteiger partial charge in [-0.05, 0) is 69.1 Å². The van der Waals surface area contributed by atoms with Crippen molar-refractivity contribution in [2.24, 2.45) is 11.8 Å². The van der Waals surface area contributed by atoms with Crippen molar-refractivity contribution in [3.63, 3.8) is 0 Å². The molecule has 3 amide bonds. The van der Waals surface area contributed by atoms with Crippen LogP contribution in [0.5, 0.6) is 0 Å². The fourth-order valence-corrected chi connectivity index (χ4v) is 5.48. The third kappa shape index (κ3) is 5.56. The average molecular weight is 530 g/mol. The molecule has 0 radical (unpaired) electrons. The zero-order chi connectivity index (χ0) is 27.9. The van der Waals surface area contributed by atoms with Crippen LogP contribution in [0.4, 0.5) is 13.2 Å². The van der Waals surface area contributed by atoms with Crippen LogP contribution < -0.4 is 10.6 Å². The number of rotatable bonds is 6. The topological polar surface area (TPSA) is 78.5 Å². The van der Waals surface area contributed by atoms with E-state index in [4.69, 9.17) is 0 Å². The van der Waals surface area contributed by atoms with Gasteiger partial charge in [0.05, 0.1) is 0 Å². The van der Waals surface area contributed by atoms with Crippen molar-refractivity contribution in [3.8, 4) is 0 Å². The quantitative estimate of drug-likeness (QED) is 0.551. The van der Waals surface area contributed by atoms with E-state index in [0.29, 0.717) is 25.0 Å². The van der Waals surface area contributed by atoms with Crippen molar-refractivity contribution in [2.75, 3.05) is 0 Å². The predicted molar refractivity (Wildman–Crippen MR) is 136 cm³/mol. The van der Waals surface area contributed by atoms with Crippen LogP contribution in [-0.4, -0.2) is 40.2 Å². The number of benzene rings is 2. The number of nitrogens with zero attached hydrogens (tertiary/aromatic N) is 1. The largest absolute Gasteiger partial charge is 0.349 e. The van der Waals surface area contributed by atoms with Crippen molar-refractivity contribution in [1.82, 2.24) is 15.5 Å². The summed E-state index contributed by atoms with van der Waals surface area (Å²) < 4.78 is 43.4. The van der Waals surface area contributed by atoms with Gasteiger partial charge in [0.25, 0.3) is 0 Å². The summed E-state index contributed by atoms with van der Waals surface area (Å²) in [7, 11) is 0. The molecule has 9 heteroatoms. The molecule has 3 atom stereocenters. The summed E-state index contributed by atoms with van der Waals surface area (Å²) in [6, 6.07) is 4.97. The van der Waals surface area contributed by atoms with E-state index >= 15 is 4.39 Å². The zero-order valence-corrected chi connectivity index (χ0v) is 22.3. The van der Waals surface area contributed by atoms with Gasteiger partial charge in [-0.1, -0.05) is 38.1 Å². The summed E-state index contributed by atoms with van der Waals surface area (Å²) in [6.45, 7) is 8.84. The van der Waals surface area contributed by atoms with Crippen LogP contribution in [0.2, 0.25) is 0 Å². The zero-order valence-electron chi connectivity index (χ0n) is 22.3. The number of amides is 3. The number of hydrogen-bond donors (Lipinski definition) is 2. The Labute approximate surface area is 221 Å². The van der Waals surface area contributed by atoms with Gasteiger partial charge in [-0.2, -0.15) is 0 Å². The molecular formula is C29H34F3N3O3. The molecule has 1 saturated heterocycles. The van der Waals surface area contributed by atoms with Gasteiger partial charge in [0.15, 0.2) is 11.6 Å². The highest BCUT2D eigenvalue weighted by atomic mass is 19.2. The molecule has 0 bridgehead atoms. The third-order valence-corrected chi connectivity index (χ3v) is 7.06. The van der Waals surface area contributed by atoms with Crippen molar-refractivity contribution in [1.29, 1.82) is 0 Å². The molecule has 6 nitrogen and oxygen atoms in total. The minimum absolute atomic E-state index is 0.0607. The van der Waals surface area contributed by atoms with E-state index in [2.05, 4.69) is 10.6 Å². The molecule has 1 heterocycles. The minimum atomic E-state index is -1.68. The summed E-state index contributed by atoms with van der Waals surface area (Å²) in [4.78, 5) is 42.5. The maximum absolute atomic E-state index is 15.2. The molecule has 2 N–H and O–H groups in total. The Morgan fingerprint density at radius 2 is 1.61 bits per heavy atom. The number of carbonyl (C=O) groups excluding carboxylic acids is 3. The highest BCUT2D eigenvalue weighted by Crippen LogP contribution is 2.36. The fourth-order valence-electron chi connectivity index (χ4n) is 5.48. The second-order valence-electron chi connectivity index (χ2n) is 11.7. The van der Waals surface area contributed by atoms with E-state index in [1.807, 2.05) is 38.1 Å². The SMILES string of the molecule is CC(C)C[C@@H]1C(=O)N[C@H](C2Cc3ccccc3C2)C(=O)N1[C@@H](C(=O)NC(C)(C)C)c1cc(F)c(F)cc1F. The van der Waals surface area contributed by atoms with E-state index in [0.717, 1.165) is 16.0 Å². The maximum atomic E-state index is 15.2. The summed E-state index contributed by atoms with van der Waals surface area (Å²) in [5.74, 6) is -6.07. The number of piperazine rings is 1. The Kier molecular flexibility index (Phi) is 7.59. The van der Waals surface area contributed by atoms with Gasteiger partial charge in [0, 0.05) is 17.2 Å². The predicted octanol–water partition coefficient (Wildman–Crippen LogP) is 4.22. The van der Waals surface area contributed by atoms with Gasteiger partial charge < -0.3 is 15.5 Å².